The van der Waals surface area contributed by atoms with E-state index in [1.54, 1.807) is 13.8 Å². The van der Waals surface area contributed by atoms with Crippen molar-refractivity contribution in [1.29, 1.82) is 0 Å². The van der Waals surface area contributed by atoms with Gasteiger partial charge in [0.1, 0.15) is 6.04 Å². The van der Waals surface area contributed by atoms with Gasteiger partial charge in [-0.25, -0.2) is 9.59 Å². The summed E-state index contributed by atoms with van der Waals surface area (Å²) in [5, 5.41) is 24.5. The number of carboxylic acid groups (broad SMARTS) is 2. The summed E-state index contributed by atoms with van der Waals surface area (Å²) in [5.74, 6) is -2.69. The predicted octanol–water partition coefficient (Wildman–Crippen LogP) is -0.482. The molecule has 3 amide bonds. The zero-order valence-corrected chi connectivity index (χ0v) is 12.0. The third-order valence-corrected chi connectivity index (χ3v) is 2.34. The van der Waals surface area contributed by atoms with Crippen molar-refractivity contribution >= 4 is 23.9 Å². The molecule has 1 unspecified atom stereocenters. The van der Waals surface area contributed by atoms with Crippen LogP contribution in [-0.2, 0) is 14.4 Å². The van der Waals surface area contributed by atoms with Crippen LogP contribution in [0, 0.1) is 0 Å². The molecule has 0 rings (SSSR count). The van der Waals surface area contributed by atoms with E-state index in [2.05, 4.69) is 16.0 Å². The van der Waals surface area contributed by atoms with Gasteiger partial charge in [0, 0.05) is 25.4 Å². The van der Waals surface area contributed by atoms with Crippen LogP contribution in [0.1, 0.15) is 33.1 Å². The molecule has 0 aliphatic heterocycles. The summed E-state index contributed by atoms with van der Waals surface area (Å²) in [4.78, 5) is 44.0. The Morgan fingerprint density at radius 3 is 2.10 bits per heavy atom. The van der Waals surface area contributed by atoms with Crippen molar-refractivity contribution < 1.29 is 29.4 Å². The molecule has 0 aliphatic rings. The largest absolute Gasteiger partial charge is 0.481 e. The fourth-order valence-electron chi connectivity index (χ4n) is 1.42. The van der Waals surface area contributed by atoms with Crippen LogP contribution in [-0.4, -0.2) is 52.7 Å². The Morgan fingerprint density at radius 2 is 1.62 bits per heavy atom. The highest BCUT2D eigenvalue weighted by Gasteiger charge is 2.20. The minimum absolute atomic E-state index is 0.00117. The highest BCUT2D eigenvalue weighted by molar-refractivity contribution is 5.83. The predicted molar refractivity (Wildman–Crippen MR) is 72.7 cm³/mol. The lowest BCUT2D eigenvalue weighted by molar-refractivity contribution is -0.140. The van der Waals surface area contributed by atoms with Crippen LogP contribution in [0.4, 0.5) is 4.79 Å². The first-order valence-corrected chi connectivity index (χ1v) is 6.50. The number of nitrogens with one attached hydrogen (secondary N) is 3. The van der Waals surface area contributed by atoms with E-state index < -0.39 is 24.0 Å². The molecule has 5 N–H and O–H groups in total. The van der Waals surface area contributed by atoms with Gasteiger partial charge in [-0.3, -0.25) is 9.59 Å². The minimum atomic E-state index is -1.32. The van der Waals surface area contributed by atoms with E-state index in [0.29, 0.717) is 0 Å². The molecule has 0 aromatic carbocycles. The average molecular weight is 303 g/mol. The molecule has 21 heavy (non-hydrogen) atoms. The Hall–Kier alpha value is -2.32. The quantitative estimate of drug-likeness (QED) is 0.389. The van der Waals surface area contributed by atoms with E-state index in [0.717, 1.165) is 0 Å². The van der Waals surface area contributed by atoms with Crippen LogP contribution < -0.4 is 16.0 Å². The van der Waals surface area contributed by atoms with Crippen LogP contribution in [0.2, 0.25) is 0 Å². The molecule has 0 aliphatic carbocycles. The molecule has 9 heteroatoms. The average Bonchev–Trinajstić information content (AvgIpc) is 2.32. The molecule has 0 saturated heterocycles. The van der Waals surface area contributed by atoms with Crippen molar-refractivity contribution in [3.05, 3.63) is 0 Å². The number of hydrogen-bond acceptors (Lipinski definition) is 4. The summed E-state index contributed by atoms with van der Waals surface area (Å²) in [6.45, 7) is 3.66. The standard InChI is InChI=1S/C12H21N3O6/c1-7(2)14-9(16)5-6-13-12(21)15-8(11(19)20)3-4-10(17)18/h7-8H,3-6H2,1-2H3,(H,14,16)(H,17,18)(H,19,20)(H2,13,15,21). The normalized spacial score (nSPS) is 11.6. The lowest BCUT2D eigenvalue weighted by Gasteiger charge is -2.14. The molecule has 0 saturated carbocycles. The van der Waals surface area contributed by atoms with Crippen molar-refractivity contribution in [2.45, 2.75) is 45.2 Å². The Labute approximate surface area is 122 Å². The van der Waals surface area contributed by atoms with Crippen molar-refractivity contribution in [3.63, 3.8) is 0 Å². The third-order valence-electron chi connectivity index (χ3n) is 2.34. The maximum absolute atomic E-state index is 11.4. The number of carbonyl (C=O) groups is 4. The van der Waals surface area contributed by atoms with Gasteiger partial charge in [0.2, 0.25) is 5.91 Å². The Morgan fingerprint density at radius 1 is 1.00 bits per heavy atom. The van der Waals surface area contributed by atoms with E-state index in [-0.39, 0.29) is 37.8 Å². The first-order chi connectivity index (χ1) is 9.72. The highest BCUT2D eigenvalue weighted by atomic mass is 16.4. The number of carbonyl (C=O) groups excluding carboxylic acids is 2. The Balaban J connectivity index is 4.06. The first-order valence-electron chi connectivity index (χ1n) is 6.50. The van der Waals surface area contributed by atoms with Crippen LogP contribution in [0.3, 0.4) is 0 Å². The molecule has 0 aromatic rings. The number of rotatable bonds is 9. The van der Waals surface area contributed by atoms with E-state index >= 15 is 0 Å². The van der Waals surface area contributed by atoms with Gasteiger partial charge in [0.05, 0.1) is 0 Å². The van der Waals surface area contributed by atoms with Gasteiger partial charge in [-0.1, -0.05) is 0 Å². The first kappa shape index (κ1) is 18.7. The maximum Gasteiger partial charge on any atom is 0.326 e. The smallest absolute Gasteiger partial charge is 0.326 e. The second-order valence-corrected chi connectivity index (χ2v) is 4.70. The molecule has 0 heterocycles. The van der Waals surface area contributed by atoms with Gasteiger partial charge in [-0.15, -0.1) is 0 Å². The lowest BCUT2D eigenvalue weighted by atomic mass is 10.1. The van der Waals surface area contributed by atoms with Crippen molar-refractivity contribution in [2.24, 2.45) is 0 Å². The van der Waals surface area contributed by atoms with Crippen LogP contribution in [0.25, 0.3) is 0 Å². The highest BCUT2D eigenvalue weighted by Crippen LogP contribution is 1.98. The molecule has 0 aromatic heterocycles. The Bertz CT molecular complexity index is 396. The van der Waals surface area contributed by atoms with Crippen LogP contribution >= 0.6 is 0 Å². The minimum Gasteiger partial charge on any atom is -0.481 e. The number of hydrogen-bond donors (Lipinski definition) is 5. The molecule has 0 fully saturated rings. The lowest BCUT2D eigenvalue weighted by Crippen LogP contribution is -2.47. The topological polar surface area (TPSA) is 145 Å². The summed E-state index contributed by atoms with van der Waals surface area (Å²) < 4.78 is 0. The molecule has 0 radical (unpaired) electrons. The SMILES string of the molecule is CC(C)NC(=O)CCNC(=O)NC(CCC(=O)O)C(=O)O. The second kappa shape index (κ2) is 9.56. The fraction of sp³-hybridized carbons (Fsp3) is 0.667. The summed E-state index contributed by atoms with van der Waals surface area (Å²) in [5.41, 5.74) is 0. The monoisotopic (exact) mass is 303 g/mol. The number of carboxylic acids is 2. The summed E-state index contributed by atoms with van der Waals surface area (Å²) >= 11 is 0. The summed E-state index contributed by atoms with van der Waals surface area (Å²) in [6, 6.07) is -2.05. The zero-order chi connectivity index (χ0) is 16.4. The fourth-order valence-corrected chi connectivity index (χ4v) is 1.42. The van der Waals surface area contributed by atoms with E-state index in [1.807, 2.05) is 0 Å². The summed E-state index contributed by atoms with van der Waals surface area (Å²) in [6.07, 6.45) is -0.515. The molecule has 9 nitrogen and oxygen atoms in total. The van der Waals surface area contributed by atoms with Gasteiger partial charge >= 0.3 is 18.0 Å². The van der Waals surface area contributed by atoms with Crippen molar-refractivity contribution in [3.8, 4) is 0 Å². The van der Waals surface area contributed by atoms with Crippen molar-refractivity contribution in [2.75, 3.05) is 6.54 Å². The van der Waals surface area contributed by atoms with Gasteiger partial charge in [-0.05, 0) is 20.3 Å². The van der Waals surface area contributed by atoms with Gasteiger partial charge in [0.15, 0.2) is 0 Å². The molecular weight excluding hydrogens is 282 g/mol. The maximum atomic E-state index is 11.4. The molecule has 0 bridgehead atoms. The van der Waals surface area contributed by atoms with E-state index in [4.69, 9.17) is 10.2 Å². The third kappa shape index (κ3) is 10.2. The van der Waals surface area contributed by atoms with Gasteiger partial charge in [0.25, 0.3) is 0 Å². The van der Waals surface area contributed by atoms with Crippen LogP contribution in [0.15, 0.2) is 0 Å². The zero-order valence-electron chi connectivity index (χ0n) is 12.0. The molecule has 1 atom stereocenters. The molecule has 0 spiro atoms. The molecule has 120 valence electrons. The summed E-state index contributed by atoms with van der Waals surface area (Å²) in [7, 11) is 0. The van der Waals surface area contributed by atoms with E-state index in [1.165, 1.54) is 0 Å². The van der Waals surface area contributed by atoms with Crippen LogP contribution in [0.5, 0.6) is 0 Å². The van der Waals surface area contributed by atoms with Gasteiger partial charge < -0.3 is 26.2 Å². The second-order valence-electron chi connectivity index (χ2n) is 4.70. The Kier molecular flexibility index (Phi) is 8.51. The molecular formula is C12H21N3O6. The number of urea groups is 1. The number of amides is 3. The van der Waals surface area contributed by atoms with Gasteiger partial charge in [-0.2, -0.15) is 0 Å². The van der Waals surface area contributed by atoms with Crippen molar-refractivity contribution in [1.82, 2.24) is 16.0 Å². The van der Waals surface area contributed by atoms with E-state index in [9.17, 15) is 19.2 Å². The number of aliphatic carboxylic acids is 2.